The Hall–Kier alpha value is -2.37. The normalized spacial score (nSPS) is 10.9. The first-order valence-electron chi connectivity index (χ1n) is 8.61. The van der Waals surface area contributed by atoms with Gasteiger partial charge in [-0.1, -0.05) is 111 Å². The zero-order valence-electron chi connectivity index (χ0n) is 14.0. The van der Waals surface area contributed by atoms with Gasteiger partial charge in [0.05, 0.1) is 0 Å². The first kappa shape index (κ1) is 16.1. The van der Waals surface area contributed by atoms with E-state index >= 15 is 0 Å². The smallest absolute Gasteiger partial charge is 0.0867 e. The van der Waals surface area contributed by atoms with Gasteiger partial charge in [-0.15, -0.1) is 0 Å². The van der Waals surface area contributed by atoms with E-state index in [2.05, 4.69) is 110 Å². The van der Waals surface area contributed by atoms with Crippen LogP contribution in [0.1, 0.15) is 5.56 Å². The molecule has 0 atom stereocenters. The van der Waals surface area contributed by atoms with E-state index in [0.717, 1.165) is 6.32 Å². The third-order valence-electron chi connectivity index (χ3n) is 4.44. The van der Waals surface area contributed by atoms with Crippen molar-refractivity contribution in [3.8, 4) is 0 Å². The van der Waals surface area contributed by atoms with Crippen LogP contribution in [0.2, 0.25) is 0 Å². The maximum atomic E-state index is 2.50. The SMILES string of the molecule is [B](Cc1cccc2ccccc12)P(c1ccccc1)c1ccccc1. The topological polar surface area (TPSA) is 0 Å². The summed E-state index contributed by atoms with van der Waals surface area (Å²) in [6, 6.07) is 37.0. The summed E-state index contributed by atoms with van der Waals surface area (Å²) in [6.45, 7) is 2.50. The van der Waals surface area contributed by atoms with E-state index in [1.54, 1.807) is 0 Å². The Morgan fingerprint density at radius 1 is 0.560 bits per heavy atom. The van der Waals surface area contributed by atoms with Gasteiger partial charge < -0.3 is 0 Å². The molecule has 0 aromatic heterocycles. The van der Waals surface area contributed by atoms with E-state index < -0.39 is 7.80 Å². The second-order valence-electron chi connectivity index (χ2n) is 6.07. The maximum absolute atomic E-state index is 2.50. The summed E-state index contributed by atoms with van der Waals surface area (Å²) in [5.41, 5.74) is 1.40. The first-order valence-corrected chi connectivity index (χ1v) is 10.0. The lowest BCUT2D eigenvalue weighted by molar-refractivity contribution is 1.44. The van der Waals surface area contributed by atoms with Gasteiger partial charge in [-0.3, -0.25) is 0 Å². The number of rotatable bonds is 5. The minimum atomic E-state index is -0.455. The molecule has 0 saturated carbocycles. The van der Waals surface area contributed by atoms with Crippen molar-refractivity contribution in [2.24, 2.45) is 0 Å². The van der Waals surface area contributed by atoms with Crippen LogP contribution in [0, 0.1) is 0 Å². The molecular formula is C23H19BP. The van der Waals surface area contributed by atoms with Crippen molar-refractivity contribution in [3.63, 3.8) is 0 Å². The van der Waals surface area contributed by atoms with Crippen molar-refractivity contribution in [1.29, 1.82) is 0 Å². The van der Waals surface area contributed by atoms with Gasteiger partial charge in [0, 0.05) is 0 Å². The van der Waals surface area contributed by atoms with Gasteiger partial charge in [0.2, 0.25) is 0 Å². The van der Waals surface area contributed by atoms with Crippen LogP contribution >= 0.6 is 7.80 Å². The number of hydrogen-bond acceptors (Lipinski definition) is 0. The Bertz CT molecular complexity index is 906. The van der Waals surface area contributed by atoms with Crippen LogP contribution in [-0.2, 0) is 6.32 Å². The van der Waals surface area contributed by atoms with Gasteiger partial charge in [-0.2, -0.15) is 0 Å². The number of hydrogen-bond donors (Lipinski definition) is 0. The highest BCUT2D eigenvalue weighted by atomic mass is 31.1. The predicted octanol–water partition coefficient (Wildman–Crippen LogP) is 5.09. The van der Waals surface area contributed by atoms with Crippen LogP contribution in [0.15, 0.2) is 103 Å². The Morgan fingerprint density at radius 2 is 1.12 bits per heavy atom. The highest BCUT2D eigenvalue weighted by molar-refractivity contribution is 7.97. The number of benzene rings is 4. The molecule has 1 radical (unpaired) electrons. The molecule has 0 unspecified atom stereocenters. The summed E-state index contributed by atoms with van der Waals surface area (Å²) in [5.74, 6) is 0. The average molecular weight is 337 g/mol. The van der Waals surface area contributed by atoms with Crippen LogP contribution in [0.5, 0.6) is 0 Å². The fourth-order valence-electron chi connectivity index (χ4n) is 3.20. The summed E-state index contributed by atoms with van der Waals surface area (Å²) in [7, 11) is -0.455. The van der Waals surface area contributed by atoms with Gasteiger partial charge in [0.25, 0.3) is 0 Å². The molecule has 0 aliphatic heterocycles. The van der Waals surface area contributed by atoms with Crippen LogP contribution in [-0.4, -0.2) is 7.00 Å². The van der Waals surface area contributed by atoms with Gasteiger partial charge >= 0.3 is 0 Å². The second-order valence-corrected chi connectivity index (χ2v) is 8.20. The van der Waals surface area contributed by atoms with Gasteiger partial charge in [0.15, 0.2) is 7.00 Å². The Balaban J connectivity index is 1.65. The first-order chi connectivity index (χ1) is 12.4. The molecule has 0 N–H and O–H groups in total. The van der Waals surface area contributed by atoms with Gasteiger partial charge in [-0.05, 0) is 33.3 Å². The lowest BCUT2D eigenvalue weighted by atomic mass is 9.91. The largest absolute Gasteiger partial charge is 0.163 e. The molecule has 4 aromatic carbocycles. The molecule has 0 amide bonds. The minimum Gasteiger partial charge on any atom is -0.0867 e. The summed E-state index contributed by atoms with van der Waals surface area (Å²) in [6.07, 6.45) is 0.983. The average Bonchev–Trinajstić information content (AvgIpc) is 2.70. The van der Waals surface area contributed by atoms with Crippen molar-refractivity contribution in [2.45, 2.75) is 6.32 Å². The van der Waals surface area contributed by atoms with Crippen LogP contribution in [0.3, 0.4) is 0 Å². The molecule has 119 valence electrons. The van der Waals surface area contributed by atoms with E-state index in [1.165, 1.54) is 26.9 Å². The van der Waals surface area contributed by atoms with Gasteiger partial charge in [0.1, 0.15) is 0 Å². The van der Waals surface area contributed by atoms with Crippen LogP contribution in [0.25, 0.3) is 10.8 Å². The zero-order valence-corrected chi connectivity index (χ0v) is 14.9. The van der Waals surface area contributed by atoms with Crippen molar-refractivity contribution in [3.05, 3.63) is 109 Å². The second kappa shape index (κ2) is 7.68. The third-order valence-corrected chi connectivity index (χ3v) is 6.70. The molecular weight excluding hydrogens is 318 g/mol. The summed E-state index contributed by atoms with van der Waals surface area (Å²) >= 11 is 0. The third kappa shape index (κ3) is 3.68. The Labute approximate surface area is 151 Å². The van der Waals surface area contributed by atoms with Crippen molar-refractivity contribution in [1.82, 2.24) is 0 Å². The molecule has 0 aliphatic rings. The standard InChI is InChI=1S/C23H19BP/c1-3-13-21(14-4-1)25(22-15-5-2-6-16-22)24-18-20-12-9-11-19-10-7-8-17-23(19)20/h1-17H,18H2. The fraction of sp³-hybridized carbons (Fsp3) is 0.0435. The minimum absolute atomic E-state index is 0.455. The van der Waals surface area contributed by atoms with Crippen molar-refractivity contribution in [2.75, 3.05) is 0 Å². The molecule has 0 nitrogen and oxygen atoms in total. The lowest BCUT2D eigenvalue weighted by Gasteiger charge is -2.18. The molecule has 0 aliphatic carbocycles. The summed E-state index contributed by atoms with van der Waals surface area (Å²) in [5, 5.41) is 5.49. The lowest BCUT2D eigenvalue weighted by Crippen LogP contribution is -2.17. The highest BCUT2D eigenvalue weighted by Crippen LogP contribution is 2.33. The molecule has 25 heavy (non-hydrogen) atoms. The van der Waals surface area contributed by atoms with E-state index in [9.17, 15) is 0 Å². The van der Waals surface area contributed by atoms with E-state index in [0.29, 0.717) is 0 Å². The molecule has 0 fully saturated rings. The molecule has 0 saturated heterocycles. The van der Waals surface area contributed by atoms with Crippen molar-refractivity contribution >= 4 is 36.2 Å². The monoisotopic (exact) mass is 337 g/mol. The molecule has 0 heterocycles. The van der Waals surface area contributed by atoms with E-state index in [-0.39, 0.29) is 0 Å². The fourth-order valence-corrected chi connectivity index (χ4v) is 5.28. The summed E-state index contributed by atoms with van der Waals surface area (Å²) in [4.78, 5) is 0. The van der Waals surface area contributed by atoms with E-state index in [1.807, 2.05) is 0 Å². The molecule has 4 rings (SSSR count). The number of fused-ring (bicyclic) bond motifs is 1. The highest BCUT2D eigenvalue weighted by Gasteiger charge is 2.15. The molecule has 4 aromatic rings. The predicted molar refractivity (Wildman–Crippen MR) is 112 cm³/mol. The van der Waals surface area contributed by atoms with E-state index in [4.69, 9.17) is 0 Å². The maximum Gasteiger partial charge on any atom is 0.163 e. The van der Waals surface area contributed by atoms with Gasteiger partial charge in [-0.25, -0.2) is 0 Å². The van der Waals surface area contributed by atoms with Crippen molar-refractivity contribution < 1.29 is 0 Å². The van der Waals surface area contributed by atoms with Crippen LogP contribution < -0.4 is 10.6 Å². The quantitative estimate of drug-likeness (QED) is 0.351. The molecule has 0 spiro atoms. The Morgan fingerprint density at radius 3 is 1.80 bits per heavy atom. The summed E-state index contributed by atoms with van der Waals surface area (Å²) < 4.78 is 0. The molecule has 2 heteroatoms. The molecule has 0 bridgehead atoms. The Kier molecular flexibility index (Phi) is 4.95. The zero-order chi connectivity index (χ0) is 16.9. The van der Waals surface area contributed by atoms with Crippen LogP contribution in [0.4, 0.5) is 0 Å².